The summed E-state index contributed by atoms with van der Waals surface area (Å²) in [4.78, 5) is 23.3. The summed E-state index contributed by atoms with van der Waals surface area (Å²) < 4.78 is 16.3. The van der Waals surface area contributed by atoms with Gasteiger partial charge >= 0.3 is 11.8 Å². The number of nitrogens with zero attached hydrogens (tertiary/aromatic N) is 1. The molecule has 2 amide bonds. The maximum absolute atomic E-state index is 11.7. The third kappa shape index (κ3) is 7.38. The maximum atomic E-state index is 11.7. The van der Waals surface area contributed by atoms with Crippen LogP contribution in [0.3, 0.4) is 0 Å². The Morgan fingerprint density at radius 3 is 2.60 bits per heavy atom. The van der Waals surface area contributed by atoms with Gasteiger partial charge in [-0.05, 0) is 30.2 Å². The lowest BCUT2D eigenvalue weighted by atomic mass is 10.2. The van der Waals surface area contributed by atoms with Crippen LogP contribution >= 0.6 is 11.6 Å². The Hall–Kier alpha value is -3.10. The molecule has 0 aliphatic heterocycles. The number of methoxy groups -OCH3 is 1. The Morgan fingerprint density at radius 1 is 1.13 bits per heavy atom. The van der Waals surface area contributed by atoms with Gasteiger partial charge in [-0.15, -0.1) is 0 Å². The molecule has 0 atom stereocenters. The van der Waals surface area contributed by atoms with Crippen LogP contribution < -0.4 is 20.2 Å². The Balaban J connectivity index is 2.03. The minimum Gasteiger partial charge on any atom is -0.490 e. The molecule has 2 aromatic rings. The predicted molar refractivity (Wildman–Crippen MR) is 114 cm³/mol. The van der Waals surface area contributed by atoms with Crippen LogP contribution in [0.4, 0.5) is 0 Å². The molecule has 0 bridgehead atoms. The van der Waals surface area contributed by atoms with Crippen molar-refractivity contribution in [1.29, 1.82) is 0 Å². The normalized spacial score (nSPS) is 10.6. The van der Waals surface area contributed by atoms with Gasteiger partial charge in [0.2, 0.25) is 0 Å². The summed E-state index contributed by atoms with van der Waals surface area (Å²) in [5.41, 5.74) is 3.71. The van der Waals surface area contributed by atoms with Gasteiger partial charge in [0.15, 0.2) is 11.5 Å². The SMILES string of the molecule is CCOc1cc(/C=N\NC(=O)C(=O)NCCOC)cc(Cl)c1OCc1ccccc1. The van der Waals surface area contributed by atoms with Gasteiger partial charge in [0, 0.05) is 13.7 Å². The highest BCUT2D eigenvalue weighted by molar-refractivity contribution is 6.35. The molecule has 0 unspecified atom stereocenters. The van der Waals surface area contributed by atoms with E-state index in [1.54, 1.807) is 12.1 Å². The zero-order chi connectivity index (χ0) is 21.8. The van der Waals surface area contributed by atoms with Crippen LogP contribution in [-0.4, -0.2) is 44.9 Å². The quantitative estimate of drug-likeness (QED) is 0.260. The number of carbonyl (C=O) groups is 2. The second-order valence-electron chi connectivity index (χ2n) is 5.99. The van der Waals surface area contributed by atoms with Crippen LogP contribution in [-0.2, 0) is 20.9 Å². The van der Waals surface area contributed by atoms with Gasteiger partial charge in [0.05, 0.1) is 24.5 Å². The van der Waals surface area contributed by atoms with Gasteiger partial charge in [0.25, 0.3) is 0 Å². The summed E-state index contributed by atoms with van der Waals surface area (Å²) in [6, 6.07) is 13.0. The van der Waals surface area contributed by atoms with Crippen molar-refractivity contribution in [2.75, 3.05) is 26.9 Å². The molecule has 0 aliphatic carbocycles. The maximum Gasteiger partial charge on any atom is 0.329 e. The number of ether oxygens (including phenoxy) is 3. The van der Waals surface area contributed by atoms with Crippen molar-refractivity contribution in [3.63, 3.8) is 0 Å². The highest BCUT2D eigenvalue weighted by atomic mass is 35.5. The number of rotatable bonds is 10. The summed E-state index contributed by atoms with van der Waals surface area (Å²) in [5, 5.41) is 6.51. The molecule has 0 aromatic heterocycles. The molecule has 0 aliphatic rings. The van der Waals surface area contributed by atoms with Crippen molar-refractivity contribution in [3.05, 3.63) is 58.6 Å². The molecule has 160 valence electrons. The van der Waals surface area contributed by atoms with Crippen LogP contribution in [0.1, 0.15) is 18.1 Å². The number of benzene rings is 2. The molecule has 30 heavy (non-hydrogen) atoms. The second-order valence-corrected chi connectivity index (χ2v) is 6.39. The minimum absolute atomic E-state index is 0.226. The predicted octanol–water partition coefficient (Wildman–Crippen LogP) is 2.53. The van der Waals surface area contributed by atoms with Gasteiger partial charge in [0.1, 0.15) is 6.61 Å². The van der Waals surface area contributed by atoms with E-state index in [0.29, 0.717) is 41.9 Å². The van der Waals surface area contributed by atoms with E-state index >= 15 is 0 Å². The van der Waals surface area contributed by atoms with Crippen LogP contribution in [0.15, 0.2) is 47.6 Å². The molecule has 8 nitrogen and oxygen atoms in total. The highest BCUT2D eigenvalue weighted by Gasteiger charge is 2.14. The average molecular weight is 434 g/mol. The number of amides is 2. The van der Waals surface area contributed by atoms with E-state index in [4.69, 9.17) is 25.8 Å². The van der Waals surface area contributed by atoms with Crippen molar-refractivity contribution in [1.82, 2.24) is 10.7 Å². The molecule has 0 radical (unpaired) electrons. The first-order chi connectivity index (χ1) is 14.5. The first kappa shape index (κ1) is 23.2. The monoisotopic (exact) mass is 433 g/mol. The first-order valence-electron chi connectivity index (χ1n) is 9.28. The molecular formula is C21H24ClN3O5. The van der Waals surface area contributed by atoms with E-state index in [-0.39, 0.29) is 6.54 Å². The topological polar surface area (TPSA) is 98.2 Å². The molecule has 2 aromatic carbocycles. The summed E-state index contributed by atoms with van der Waals surface area (Å²) in [6.07, 6.45) is 1.36. The summed E-state index contributed by atoms with van der Waals surface area (Å²) >= 11 is 6.37. The van der Waals surface area contributed by atoms with E-state index < -0.39 is 11.8 Å². The van der Waals surface area contributed by atoms with E-state index in [1.165, 1.54) is 13.3 Å². The molecule has 2 rings (SSSR count). The van der Waals surface area contributed by atoms with Crippen LogP contribution in [0.25, 0.3) is 0 Å². The molecule has 0 spiro atoms. The Morgan fingerprint density at radius 2 is 1.90 bits per heavy atom. The van der Waals surface area contributed by atoms with Gasteiger partial charge in [-0.3, -0.25) is 9.59 Å². The number of carbonyl (C=O) groups excluding carboxylic acids is 2. The molecule has 0 saturated heterocycles. The van der Waals surface area contributed by atoms with Crippen molar-refractivity contribution >= 4 is 29.6 Å². The molecule has 0 saturated carbocycles. The Labute approximate surface area is 180 Å². The van der Waals surface area contributed by atoms with E-state index in [9.17, 15) is 9.59 Å². The highest BCUT2D eigenvalue weighted by Crippen LogP contribution is 2.36. The fourth-order valence-electron chi connectivity index (χ4n) is 2.36. The van der Waals surface area contributed by atoms with Crippen LogP contribution in [0.5, 0.6) is 11.5 Å². The zero-order valence-electron chi connectivity index (χ0n) is 16.8. The van der Waals surface area contributed by atoms with Gasteiger partial charge in [-0.25, -0.2) is 5.43 Å². The van der Waals surface area contributed by atoms with Gasteiger partial charge in [-0.1, -0.05) is 41.9 Å². The van der Waals surface area contributed by atoms with Gasteiger partial charge < -0.3 is 19.5 Å². The second kappa shape index (κ2) is 12.5. The third-order valence-electron chi connectivity index (χ3n) is 3.74. The average Bonchev–Trinajstić information content (AvgIpc) is 2.74. The largest absolute Gasteiger partial charge is 0.490 e. The zero-order valence-corrected chi connectivity index (χ0v) is 17.6. The van der Waals surface area contributed by atoms with E-state index in [1.807, 2.05) is 37.3 Å². The summed E-state index contributed by atoms with van der Waals surface area (Å²) in [7, 11) is 1.50. The minimum atomic E-state index is -0.888. The molecule has 9 heteroatoms. The number of hydrogen-bond donors (Lipinski definition) is 2. The van der Waals surface area contributed by atoms with Gasteiger partial charge in [-0.2, -0.15) is 5.10 Å². The van der Waals surface area contributed by atoms with Crippen molar-refractivity contribution in [3.8, 4) is 11.5 Å². The fourth-order valence-corrected chi connectivity index (χ4v) is 2.63. The molecule has 2 N–H and O–H groups in total. The van der Waals surface area contributed by atoms with Crippen LogP contribution in [0.2, 0.25) is 5.02 Å². The Bertz CT molecular complexity index is 874. The van der Waals surface area contributed by atoms with E-state index in [2.05, 4.69) is 15.8 Å². The number of nitrogens with one attached hydrogen (secondary N) is 2. The Kier molecular flexibility index (Phi) is 9.63. The van der Waals surface area contributed by atoms with Crippen molar-refractivity contribution < 1.29 is 23.8 Å². The third-order valence-corrected chi connectivity index (χ3v) is 4.02. The lowest BCUT2D eigenvalue weighted by Crippen LogP contribution is -2.39. The lowest BCUT2D eigenvalue weighted by Gasteiger charge is -2.14. The van der Waals surface area contributed by atoms with Crippen LogP contribution in [0, 0.1) is 0 Å². The number of hydrogen-bond acceptors (Lipinski definition) is 6. The smallest absolute Gasteiger partial charge is 0.329 e. The molecular weight excluding hydrogens is 410 g/mol. The lowest BCUT2D eigenvalue weighted by molar-refractivity contribution is -0.139. The summed E-state index contributed by atoms with van der Waals surface area (Å²) in [5.74, 6) is -0.824. The van der Waals surface area contributed by atoms with Crippen molar-refractivity contribution in [2.45, 2.75) is 13.5 Å². The molecule has 0 heterocycles. The summed E-state index contributed by atoms with van der Waals surface area (Å²) in [6.45, 7) is 3.13. The van der Waals surface area contributed by atoms with Crippen molar-refractivity contribution in [2.24, 2.45) is 5.10 Å². The fraction of sp³-hybridized carbons (Fsp3) is 0.286. The standard InChI is InChI=1S/C21H24ClN3O5/c1-3-29-18-12-16(13-24-25-21(27)20(26)23-9-10-28-2)11-17(22)19(18)30-14-15-7-5-4-6-8-15/h4-8,11-13H,3,9-10,14H2,1-2H3,(H,23,26)(H,25,27)/b24-13-. The number of halogens is 1. The first-order valence-corrected chi connectivity index (χ1v) is 9.66. The van der Waals surface area contributed by atoms with E-state index in [0.717, 1.165) is 5.56 Å². The number of hydrazone groups is 1. The molecule has 0 fully saturated rings.